The van der Waals surface area contributed by atoms with Crippen molar-refractivity contribution in [3.8, 4) is 0 Å². The molecule has 4 nitrogen and oxygen atoms in total. The van der Waals surface area contributed by atoms with Crippen LogP contribution in [0.25, 0.3) is 0 Å². The zero-order chi connectivity index (χ0) is 15.2. The molecule has 1 amide bonds. The fourth-order valence-corrected chi connectivity index (χ4v) is 3.28. The number of nitrogens with zero attached hydrogens (tertiary/aromatic N) is 2. The van der Waals surface area contributed by atoms with E-state index in [1.165, 1.54) is 0 Å². The lowest BCUT2D eigenvalue weighted by molar-refractivity contribution is -0.124. The summed E-state index contributed by atoms with van der Waals surface area (Å²) >= 11 is 1.72. The Balaban J connectivity index is 1.82. The van der Waals surface area contributed by atoms with Crippen LogP contribution in [-0.2, 0) is 4.79 Å². The third-order valence-electron chi connectivity index (χ3n) is 3.90. The van der Waals surface area contributed by atoms with Crippen molar-refractivity contribution < 1.29 is 4.79 Å². The van der Waals surface area contributed by atoms with Crippen LogP contribution in [0, 0.1) is 12.8 Å². The van der Waals surface area contributed by atoms with Gasteiger partial charge in [-0.3, -0.25) is 4.79 Å². The number of aromatic nitrogens is 1. The van der Waals surface area contributed by atoms with E-state index in [0.29, 0.717) is 6.04 Å². The van der Waals surface area contributed by atoms with Crippen molar-refractivity contribution in [2.45, 2.75) is 32.7 Å². The van der Waals surface area contributed by atoms with Crippen LogP contribution in [0.15, 0.2) is 18.2 Å². The number of carbonyl (C=O) groups is 1. The van der Waals surface area contributed by atoms with Gasteiger partial charge in [0.25, 0.3) is 0 Å². The van der Waals surface area contributed by atoms with Gasteiger partial charge in [0.15, 0.2) is 0 Å². The third-order valence-corrected chi connectivity index (χ3v) is 4.74. The Bertz CT molecular complexity index is 472. The minimum absolute atomic E-state index is 0.0940. The summed E-state index contributed by atoms with van der Waals surface area (Å²) in [6.45, 7) is 5.93. The number of rotatable bonds is 5. The van der Waals surface area contributed by atoms with Gasteiger partial charge in [0.05, 0.1) is 0 Å². The first kappa shape index (κ1) is 16.1. The first-order valence-corrected chi connectivity index (χ1v) is 8.97. The first-order chi connectivity index (χ1) is 10.1. The highest BCUT2D eigenvalue weighted by Crippen LogP contribution is 2.18. The summed E-state index contributed by atoms with van der Waals surface area (Å²) in [6.07, 6.45) is 4.03. The Kier molecular flexibility index (Phi) is 5.91. The molecule has 0 spiro atoms. The van der Waals surface area contributed by atoms with E-state index in [0.717, 1.165) is 43.2 Å². The summed E-state index contributed by atoms with van der Waals surface area (Å²) in [7, 11) is 0. The highest BCUT2D eigenvalue weighted by Gasteiger charge is 2.23. The number of hydrogen-bond donors (Lipinski definition) is 1. The van der Waals surface area contributed by atoms with E-state index < -0.39 is 0 Å². The van der Waals surface area contributed by atoms with E-state index in [1.807, 2.05) is 26.2 Å². The topological polar surface area (TPSA) is 45.2 Å². The quantitative estimate of drug-likeness (QED) is 0.908. The minimum Gasteiger partial charge on any atom is -0.356 e. The first-order valence-electron chi connectivity index (χ1n) is 7.58. The van der Waals surface area contributed by atoms with Crippen LogP contribution in [0.3, 0.4) is 0 Å². The lowest BCUT2D eigenvalue weighted by atomic mass is 10.0. The maximum atomic E-state index is 12.0. The zero-order valence-electron chi connectivity index (χ0n) is 13.1. The van der Waals surface area contributed by atoms with Gasteiger partial charge in [0, 0.05) is 36.5 Å². The number of amides is 1. The summed E-state index contributed by atoms with van der Waals surface area (Å²) < 4.78 is 0. The molecule has 0 aromatic carbocycles. The van der Waals surface area contributed by atoms with Crippen LogP contribution in [0.1, 0.15) is 25.5 Å². The van der Waals surface area contributed by atoms with Gasteiger partial charge in [-0.15, -0.1) is 0 Å². The van der Waals surface area contributed by atoms with Crippen LogP contribution in [0.5, 0.6) is 0 Å². The van der Waals surface area contributed by atoms with Crippen molar-refractivity contribution >= 4 is 23.5 Å². The van der Waals surface area contributed by atoms with Crippen LogP contribution < -0.4 is 10.2 Å². The smallest absolute Gasteiger partial charge is 0.223 e. The van der Waals surface area contributed by atoms with Crippen molar-refractivity contribution in [2.75, 3.05) is 30.0 Å². The largest absolute Gasteiger partial charge is 0.356 e. The minimum atomic E-state index is 0.0940. The standard InChI is InChI=1S/C16H25N3OS/c1-12(11-21-3)16(20)18-14-7-9-19(10-8-14)15-6-4-5-13(2)17-15/h4-6,12,14H,7-11H2,1-3H3,(H,18,20). The monoisotopic (exact) mass is 307 g/mol. The number of nitrogens with one attached hydrogen (secondary N) is 1. The van der Waals surface area contributed by atoms with Gasteiger partial charge in [0.1, 0.15) is 5.82 Å². The molecule has 116 valence electrons. The molecular formula is C16H25N3OS. The van der Waals surface area contributed by atoms with Gasteiger partial charge in [-0.25, -0.2) is 4.98 Å². The van der Waals surface area contributed by atoms with E-state index in [9.17, 15) is 4.79 Å². The van der Waals surface area contributed by atoms with E-state index in [4.69, 9.17) is 0 Å². The molecule has 0 aliphatic carbocycles. The van der Waals surface area contributed by atoms with Crippen molar-refractivity contribution in [3.05, 3.63) is 23.9 Å². The molecule has 1 aromatic rings. The summed E-state index contributed by atoms with van der Waals surface area (Å²) in [5, 5.41) is 3.19. The molecule has 1 saturated heterocycles. The maximum absolute atomic E-state index is 12.0. The fourth-order valence-electron chi connectivity index (χ4n) is 2.63. The van der Waals surface area contributed by atoms with Crippen LogP contribution in [0.4, 0.5) is 5.82 Å². The Morgan fingerprint density at radius 1 is 1.48 bits per heavy atom. The highest BCUT2D eigenvalue weighted by molar-refractivity contribution is 7.98. The second-order valence-corrected chi connectivity index (χ2v) is 6.67. The van der Waals surface area contributed by atoms with Gasteiger partial charge >= 0.3 is 0 Å². The number of carbonyl (C=O) groups excluding carboxylic acids is 1. The lowest BCUT2D eigenvalue weighted by Gasteiger charge is -2.33. The Hall–Kier alpha value is -1.23. The van der Waals surface area contributed by atoms with Gasteiger partial charge in [-0.1, -0.05) is 13.0 Å². The predicted molar refractivity (Wildman–Crippen MR) is 89.9 cm³/mol. The van der Waals surface area contributed by atoms with Crippen LogP contribution >= 0.6 is 11.8 Å². The molecular weight excluding hydrogens is 282 g/mol. The maximum Gasteiger partial charge on any atom is 0.223 e. The van der Waals surface area contributed by atoms with Crippen molar-refractivity contribution in [2.24, 2.45) is 5.92 Å². The molecule has 1 N–H and O–H groups in total. The lowest BCUT2D eigenvalue weighted by Crippen LogP contribution is -2.46. The highest BCUT2D eigenvalue weighted by atomic mass is 32.2. The molecule has 21 heavy (non-hydrogen) atoms. The average molecular weight is 307 g/mol. The molecule has 1 aliphatic heterocycles. The number of pyridine rings is 1. The average Bonchev–Trinajstić information content (AvgIpc) is 2.48. The zero-order valence-corrected chi connectivity index (χ0v) is 13.9. The summed E-state index contributed by atoms with van der Waals surface area (Å²) in [6, 6.07) is 6.44. The molecule has 1 aliphatic rings. The second kappa shape index (κ2) is 7.69. The molecule has 5 heteroatoms. The van der Waals surface area contributed by atoms with E-state index in [1.54, 1.807) is 11.8 Å². The number of aryl methyl sites for hydroxylation is 1. The van der Waals surface area contributed by atoms with Gasteiger partial charge < -0.3 is 10.2 Å². The van der Waals surface area contributed by atoms with Gasteiger partial charge in [0.2, 0.25) is 5.91 Å². The summed E-state index contributed by atoms with van der Waals surface area (Å²) in [4.78, 5) is 18.9. The number of anilines is 1. The molecule has 0 saturated carbocycles. The second-order valence-electron chi connectivity index (χ2n) is 5.76. The third kappa shape index (κ3) is 4.63. The number of piperidine rings is 1. The number of thioether (sulfide) groups is 1. The van der Waals surface area contributed by atoms with Crippen LogP contribution in [-0.4, -0.2) is 42.0 Å². The number of hydrogen-bond acceptors (Lipinski definition) is 4. The van der Waals surface area contributed by atoms with Gasteiger partial charge in [-0.2, -0.15) is 11.8 Å². The molecule has 0 bridgehead atoms. The molecule has 1 fully saturated rings. The van der Waals surface area contributed by atoms with Crippen LogP contribution in [0.2, 0.25) is 0 Å². The normalized spacial score (nSPS) is 17.6. The molecule has 2 rings (SSSR count). The van der Waals surface area contributed by atoms with E-state index >= 15 is 0 Å². The molecule has 1 unspecified atom stereocenters. The Labute approximate surface area is 131 Å². The van der Waals surface area contributed by atoms with Crippen molar-refractivity contribution in [3.63, 3.8) is 0 Å². The predicted octanol–water partition coefficient (Wildman–Crippen LogP) is 2.47. The van der Waals surface area contributed by atoms with Crippen molar-refractivity contribution in [1.82, 2.24) is 10.3 Å². The van der Waals surface area contributed by atoms with Crippen molar-refractivity contribution in [1.29, 1.82) is 0 Å². The molecule has 1 aromatic heterocycles. The Morgan fingerprint density at radius 3 is 2.81 bits per heavy atom. The fraction of sp³-hybridized carbons (Fsp3) is 0.625. The Morgan fingerprint density at radius 2 is 2.19 bits per heavy atom. The van der Waals surface area contributed by atoms with Gasteiger partial charge in [-0.05, 0) is 38.2 Å². The molecule has 1 atom stereocenters. The van der Waals surface area contributed by atoms with E-state index in [-0.39, 0.29) is 11.8 Å². The van der Waals surface area contributed by atoms with E-state index in [2.05, 4.69) is 27.3 Å². The summed E-state index contributed by atoms with van der Waals surface area (Å²) in [5.74, 6) is 2.22. The molecule has 0 radical (unpaired) electrons. The SMILES string of the molecule is CSCC(C)C(=O)NC1CCN(c2cccc(C)n2)CC1. The molecule has 2 heterocycles. The summed E-state index contributed by atoms with van der Waals surface area (Å²) in [5.41, 5.74) is 1.05.